The topological polar surface area (TPSA) is 78.7 Å². The maximum Gasteiger partial charge on any atom is 0.273 e. The van der Waals surface area contributed by atoms with Gasteiger partial charge in [0.25, 0.3) is 11.1 Å². The average molecular weight is 414 g/mol. The highest BCUT2D eigenvalue weighted by Crippen LogP contribution is 2.33. The van der Waals surface area contributed by atoms with Gasteiger partial charge in [-0.15, -0.1) is 0 Å². The van der Waals surface area contributed by atoms with Gasteiger partial charge in [0.1, 0.15) is 23.3 Å². The van der Waals surface area contributed by atoms with Gasteiger partial charge in [-0.3, -0.25) is 9.48 Å². The summed E-state index contributed by atoms with van der Waals surface area (Å²) in [7, 11) is 4.98. The number of hydrogen-bond donors (Lipinski definition) is 0. The van der Waals surface area contributed by atoms with Gasteiger partial charge in [0.05, 0.1) is 26.5 Å². The first-order valence-corrected chi connectivity index (χ1v) is 10.1. The van der Waals surface area contributed by atoms with Crippen LogP contribution in [0.2, 0.25) is 0 Å². The fraction of sp³-hybridized carbons (Fsp3) is 0.350. The van der Waals surface area contributed by atoms with E-state index in [1.54, 1.807) is 43.1 Å². The lowest BCUT2D eigenvalue weighted by atomic mass is 10.1. The van der Waals surface area contributed by atoms with Crippen LogP contribution in [0.15, 0.2) is 35.8 Å². The third-order valence-electron chi connectivity index (χ3n) is 4.89. The lowest BCUT2D eigenvalue weighted by molar-refractivity contribution is 0.0761. The Morgan fingerprint density at radius 2 is 2.10 bits per heavy atom. The highest BCUT2D eigenvalue weighted by atomic mass is 32.1. The predicted octanol–water partition coefficient (Wildman–Crippen LogP) is 2.85. The maximum absolute atomic E-state index is 13.1. The molecule has 1 saturated heterocycles. The standard InChI is InChI=1S/C20H22N4O4S/c1-23-17(11-16(22-23)15-10-13(26-2)4-5-18(15)27-3)19(25)24-8-6-14(12-24)28-20-21-7-9-29-20/h4-5,7,9-11,14H,6,8,12H2,1-3H3. The number of likely N-dealkylation sites (tertiary alicyclic amines) is 1. The molecule has 1 fully saturated rings. The van der Waals surface area contributed by atoms with Crippen LogP contribution in [-0.2, 0) is 7.05 Å². The van der Waals surface area contributed by atoms with Crippen LogP contribution in [0, 0.1) is 0 Å². The van der Waals surface area contributed by atoms with Crippen molar-refractivity contribution in [3.8, 4) is 28.0 Å². The van der Waals surface area contributed by atoms with Crippen molar-refractivity contribution in [3.63, 3.8) is 0 Å². The number of ether oxygens (including phenoxy) is 3. The maximum atomic E-state index is 13.1. The summed E-state index contributed by atoms with van der Waals surface area (Å²) in [6.07, 6.45) is 2.44. The number of benzene rings is 1. The van der Waals surface area contributed by atoms with Crippen molar-refractivity contribution in [2.45, 2.75) is 12.5 Å². The van der Waals surface area contributed by atoms with Crippen molar-refractivity contribution in [1.29, 1.82) is 0 Å². The normalized spacial score (nSPS) is 16.1. The second-order valence-electron chi connectivity index (χ2n) is 6.68. The molecule has 3 aromatic rings. The molecule has 1 atom stereocenters. The number of thiazole rings is 1. The number of nitrogens with zero attached hydrogens (tertiary/aromatic N) is 4. The number of aromatic nitrogens is 3. The van der Waals surface area contributed by atoms with Crippen molar-refractivity contribution in [2.24, 2.45) is 7.05 Å². The predicted molar refractivity (Wildman–Crippen MR) is 109 cm³/mol. The van der Waals surface area contributed by atoms with Gasteiger partial charge in [-0.2, -0.15) is 5.10 Å². The molecular weight excluding hydrogens is 392 g/mol. The van der Waals surface area contributed by atoms with Crippen molar-refractivity contribution in [1.82, 2.24) is 19.7 Å². The molecule has 1 unspecified atom stereocenters. The zero-order valence-electron chi connectivity index (χ0n) is 16.5. The average Bonchev–Trinajstić information content (AvgIpc) is 3.49. The van der Waals surface area contributed by atoms with Crippen LogP contribution in [-0.4, -0.2) is 59.0 Å². The smallest absolute Gasteiger partial charge is 0.273 e. The van der Waals surface area contributed by atoms with E-state index >= 15 is 0 Å². The molecule has 0 aliphatic carbocycles. The lowest BCUT2D eigenvalue weighted by Gasteiger charge is -2.16. The molecule has 2 aromatic heterocycles. The summed E-state index contributed by atoms with van der Waals surface area (Å²) in [4.78, 5) is 19.0. The molecule has 0 bridgehead atoms. The van der Waals surface area contributed by atoms with E-state index in [-0.39, 0.29) is 12.0 Å². The Hall–Kier alpha value is -3.07. The summed E-state index contributed by atoms with van der Waals surface area (Å²) in [5, 5.41) is 7.04. The van der Waals surface area contributed by atoms with Gasteiger partial charge >= 0.3 is 0 Å². The van der Waals surface area contributed by atoms with Gasteiger partial charge in [0.2, 0.25) is 0 Å². The molecule has 0 spiro atoms. The van der Waals surface area contributed by atoms with Crippen molar-refractivity contribution in [3.05, 3.63) is 41.5 Å². The molecule has 4 rings (SSSR count). The van der Waals surface area contributed by atoms with Gasteiger partial charge in [-0.25, -0.2) is 4.98 Å². The Morgan fingerprint density at radius 1 is 1.24 bits per heavy atom. The van der Waals surface area contributed by atoms with Crippen LogP contribution >= 0.6 is 11.3 Å². The SMILES string of the molecule is COc1ccc(OC)c(-c2cc(C(=O)N3CCC(Oc4nccs4)C3)n(C)n2)c1. The second kappa shape index (κ2) is 8.12. The van der Waals surface area contributed by atoms with E-state index in [9.17, 15) is 4.79 Å². The van der Waals surface area contributed by atoms with Gasteiger partial charge in [-0.1, -0.05) is 11.3 Å². The van der Waals surface area contributed by atoms with Gasteiger partial charge in [0, 0.05) is 37.2 Å². The minimum atomic E-state index is -0.0710. The molecule has 152 valence electrons. The van der Waals surface area contributed by atoms with E-state index in [4.69, 9.17) is 14.2 Å². The van der Waals surface area contributed by atoms with Crippen LogP contribution in [0.3, 0.4) is 0 Å². The van der Waals surface area contributed by atoms with Crippen LogP contribution in [0.25, 0.3) is 11.3 Å². The minimum absolute atomic E-state index is 0.0451. The van der Waals surface area contributed by atoms with Crippen LogP contribution in [0.5, 0.6) is 16.7 Å². The molecule has 0 saturated carbocycles. The highest BCUT2D eigenvalue weighted by Gasteiger charge is 2.30. The molecule has 1 amide bonds. The summed E-state index contributed by atoms with van der Waals surface area (Å²) in [6.45, 7) is 1.17. The van der Waals surface area contributed by atoms with E-state index in [1.807, 2.05) is 23.6 Å². The minimum Gasteiger partial charge on any atom is -0.497 e. The summed E-state index contributed by atoms with van der Waals surface area (Å²) in [5.41, 5.74) is 1.94. The zero-order chi connectivity index (χ0) is 20.4. The molecule has 9 heteroatoms. The Bertz CT molecular complexity index is 1000. The molecule has 1 aromatic carbocycles. The monoisotopic (exact) mass is 414 g/mol. The number of hydrogen-bond acceptors (Lipinski definition) is 7. The Kier molecular flexibility index (Phi) is 5.39. The molecule has 3 heterocycles. The fourth-order valence-electron chi connectivity index (χ4n) is 3.40. The summed E-state index contributed by atoms with van der Waals surface area (Å²) in [5.74, 6) is 1.29. The second-order valence-corrected chi connectivity index (χ2v) is 7.54. The van der Waals surface area contributed by atoms with E-state index in [0.29, 0.717) is 41.2 Å². The Labute approximate surface area is 172 Å². The third kappa shape index (κ3) is 3.91. The van der Waals surface area contributed by atoms with E-state index in [0.717, 1.165) is 12.0 Å². The largest absolute Gasteiger partial charge is 0.497 e. The van der Waals surface area contributed by atoms with Crippen molar-refractivity contribution < 1.29 is 19.0 Å². The molecule has 0 N–H and O–H groups in total. The van der Waals surface area contributed by atoms with E-state index in [2.05, 4.69) is 10.1 Å². The Balaban J connectivity index is 1.53. The third-order valence-corrected chi connectivity index (χ3v) is 5.55. The van der Waals surface area contributed by atoms with Crippen molar-refractivity contribution in [2.75, 3.05) is 27.3 Å². The van der Waals surface area contributed by atoms with Gasteiger partial charge in [-0.05, 0) is 24.3 Å². The quantitative estimate of drug-likeness (QED) is 0.617. The molecule has 8 nitrogen and oxygen atoms in total. The number of amides is 1. The van der Waals surface area contributed by atoms with Gasteiger partial charge < -0.3 is 19.1 Å². The van der Waals surface area contributed by atoms with Crippen LogP contribution in [0.1, 0.15) is 16.9 Å². The van der Waals surface area contributed by atoms with E-state index in [1.165, 1.54) is 11.3 Å². The number of rotatable bonds is 6. The molecule has 0 radical (unpaired) electrons. The first-order chi connectivity index (χ1) is 14.1. The first-order valence-electron chi connectivity index (χ1n) is 9.21. The highest BCUT2D eigenvalue weighted by molar-refractivity contribution is 7.11. The summed E-state index contributed by atoms with van der Waals surface area (Å²) in [6, 6.07) is 7.29. The number of carbonyl (C=O) groups is 1. The Morgan fingerprint density at radius 3 is 2.83 bits per heavy atom. The zero-order valence-corrected chi connectivity index (χ0v) is 17.3. The summed E-state index contributed by atoms with van der Waals surface area (Å²) >= 11 is 1.45. The number of aryl methyl sites for hydroxylation is 1. The van der Waals surface area contributed by atoms with Gasteiger partial charge in [0.15, 0.2) is 0 Å². The molecular formula is C20H22N4O4S. The summed E-state index contributed by atoms with van der Waals surface area (Å²) < 4.78 is 18.2. The van der Waals surface area contributed by atoms with Crippen LogP contribution < -0.4 is 14.2 Å². The molecule has 1 aliphatic rings. The number of carbonyl (C=O) groups excluding carboxylic acids is 1. The van der Waals surface area contributed by atoms with E-state index < -0.39 is 0 Å². The lowest BCUT2D eigenvalue weighted by Crippen LogP contribution is -2.32. The fourth-order valence-corrected chi connectivity index (χ4v) is 3.95. The number of methoxy groups -OCH3 is 2. The first kappa shape index (κ1) is 19.3. The van der Waals surface area contributed by atoms with Crippen molar-refractivity contribution >= 4 is 17.2 Å². The molecule has 29 heavy (non-hydrogen) atoms. The molecule has 1 aliphatic heterocycles. The van der Waals surface area contributed by atoms with Crippen LogP contribution in [0.4, 0.5) is 0 Å².